The van der Waals surface area contributed by atoms with Gasteiger partial charge in [0, 0.05) is 35.9 Å². The van der Waals surface area contributed by atoms with Crippen molar-refractivity contribution in [1.29, 1.82) is 0 Å². The third-order valence-corrected chi connectivity index (χ3v) is 5.09. The van der Waals surface area contributed by atoms with E-state index in [0.717, 1.165) is 16.3 Å². The topological polar surface area (TPSA) is 58.4 Å². The van der Waals surface area contributed by atoms with Crippen LogP contribution >= 0.6 is 0 Å². The third-order valence-electron chi connectivity index (χ3n) is 5.09. The molecule has 0 aromatic carbocycles. The largest absolute Gasteiger partial charge is 0.471 e. The zero-order valence-corrected chi connectivity index (χ0v) is 17.2. The van der Waals surface area contributed by atoms with Crippen molar-refractivity contribution < 1.29 is 18.0 Å². The summed E-state index contributed by atoms with van der Waals surface area (Å²) in [6.07, 6.45) is -3.98. The number of carbonyl (C=O) groups excluding carboxylic acids is 1. The summed E-state index contributed by atoms with van der Waals surface area (Å²) < 4.78 is 40.2. The van der Waals surface area contributed by atoms with Gasteiger partial charge in [-0.05, 0) is 65.3 Å². The van der Waals surface area contributed by atoms with Gasteiger partial charge in [-0.15, -0.1) is 0 Å². The van der Waals surface area contributed by atoms with Gasteiger partial charge in [-0.3, -0.25) is 4.79 Å². The van der Waals surface area contributed by atoms with Crippen molar-refractivity contribution in [2.45, 2.75) is 44.2 Å². The molecule has 3 heterocycles. The van der Waals surface area contributed by atoms with Crippen LogP contribution < -0.4 is 0 Å². The number of nitrogens with zero attached hydrogens (tertiary/aromatic N) is 3. The van der Waals surface area contributed by atoms with Crippen molar-refractivity contribution >= 4 is 5.91 Å². The number of nitrogens with one attached hydrogen (secondary N) is 2. The predicted molar refractivity (Wildman–Crippen MR) is 104 cm³/mol. The molecule has 1 aliphatic rings. The minimum atomic E-state index is -4.92. The minimum absolute atomic E-state index is 0.469. The maximum absolute atomic E-state index is 13.4. The number of likely N-dealkylation sites (tertiary alicyclic amines) is 1. The Bertz CT molecular complexity index is 783. The lowest BCUT2D eigenvalue weighted by Crippen LogP contribution is -2.42. The van der Waals surface area contributed by atoms with Crippen LogP contribution in [0.1, 0.15) is 47.7 Å². The molecule has 0 saturated carbocycles. The molecule has 2 aromatic heterocycles. The summed E-state index contributed by atoms with van der Waals surface area (Å²) >= 11 is 0. The lowest BCUT2D eigenvalue weighted by atomic mass is 10.1. The van der Waals surface area contributed by atoms with Gasteiger partial charge >= 0.3 is 12.1 Å². The molecule has 2 atom stereocenters. The van der Waals surface area contributed by atoms with Crippen molar-refractivity contribution in [1.82, 2.24) is 24.7 Å². The number of carbonyl (C=O) groups is 1. The van der Waals surface area contributed by atoms with Crippen LogP contribution in [0.5, 0.6) is 0 Å². The zero-order valence-electron chi connectivity index (χ0n) is 17.2. The zero-order chi connectivity index (χ0) is 21.3. The molecule has 1 amide bonds. The van der Waals surface area contributed by atoms with E-state index in [2.05, 4.69) is 9.97 Å². The number of aromatic amines is 2. The second-order valence-electron chi connectivity index (χ2n) is 8.17. The highest BCUT2D eigenvalue weighted by molar-refractivity contribution is 5.83. The normalized spacial score (nSPS) is 20.2. The van der Waals surface area contributed by atoms with Crippen molar-refractivity contribution in [3.8, 4) is 0 Å². The lowest BCUT2D eigenvalue weighted by Gasteiger charge is -2.30. The van der Waals surface area contributed by atoms with E-state index in [1.54, 1.807) is 12.1 Å². The Morgan fingerprint density at radius 2 is 1.34 bits per heavy atom. The first-order chi connectivity index (χ1) is 13.6. The number of hydrogen-bond donors (Lipinski definition) is 2. The van der Waals surface area contributed by atoms with Crippen molar-refractivity contribution in [3.63, 3.8) is 0 Å². The fourth-order valence-corrected chi connectivity index (χ4v) is 4.02. The van der Waals surface area contributed by atoms with Crippen LogP contribution in [0.15, 0.2) is 24.3 Å². The molecule has 0 bridgehead atoms. The van der Waals surface area contributed by atoms with Crippen molar-refractivity contribution in [2.24, 2.45) is 0 Å². The van der Waals surface area contributed by atoms with Gasteiger partial charge in [0.15, 0.2) is 0 Å². The molecule has 1 saturated heterocycles. The number of amides is 1. The summed E-state index contributed by atoms with van der Waals surface area (Å²) in [5.41, 5.74) is 3.09. The first kappa shape index (κ1) is 21.4. The van der Waals surface area contributed by atoms with Crippen LogP contribution in [0.3, 0.4) is 0 Å². The van der Waals surface area contributed by atoms with E-state index in [9.17, 15) is 18.0 Å². The second-order valence-corrected chi connectivity index (χ2v) is 8.17. The maximum atomic E-state index is 13.4. The van der Waals surface area contributed by atoms with E-state index in [4.69, 9.17) is 0 Å². The predicted octanol–water partition coefficient (Wildman–Crippen LogP) is 3.43. The van der Waals surface area contributed by atoms with Gasteiger partial charge in [0.2, 0.25) is 0 Å². The molecule has 0 radical (unpaired) electrons. The van der Waals surface area contributed by atoms with E-state index in [1.807, 2.05) is 50.1 Å². The Labute approximate surface area is 168 Å². The molecule has 0 spiro atoms. The smallest absolute Gasteiger partial charge is 0.359 e. The van der Waals surface area contributed by atoms with Crippen LogP contribution in [-0.4, -0.2) is 64.9 Å². The third kappa shape index (κ3) is 4.84. The molecule has 2 N–H and O–H groups in total. The van der Waals surface area contributed by atoms with E-state index in [1.165, 1.54) is 0 Å². The monoisotopic (exact) mass is 411 g/mol. The Morgan fingerprint density at radius 3 is 1.69 bits per heavy atom. The highest BCUT2D eigenvalue weighted by atomic mass is 19.4. The summed E-state index contributed by atoms with van der Waals surface area (Å²) in [6, 6.07) is 6.03. The summed E-state index contributed by atoms with van der Waals surface area (Å²) in [6.45, 7) is 1.29. The van der Waals surface area contributed by atoms with Gasteiger partial charge in [-0.25, -0.2) is 0 Å². The van der Waals surface area contributed by atoms with Crippen LogP contribution in [-0.2, 0) is 17.9 Å². The Morgan fingerprint density at radius 1 is 0.931 bits per heavy atom. The molecule has 0 unspecified atom stereocenters. The second kappa shape index (κ2) is 8.23. The number of rotatable bonds is 6. The van der Waals surface area contributed by atoms with Gasteiger partial charge in [-0.1, -0.05) is 0 Å². The molecule has 2 aromatic rings. The summed E-state index contributed by atoms with van der Waals surface area (Å²) in [4.78, 5) is 23.7. The summed E-state index contributed by atoms with van der Waals surface area (Å²) in [5, 5.41) is 0. The van der Waals surface area contributed by atoms with Gasteiger partial charge in [-0.2, -0.15) is 13.2 Å². The van der Waals surface area contributed by atoms with Crippen LogP contribution in [0.25, 0.3) is 0 Å². The van der Waals surface area contributed by atoms with Gasteiger partial charge in [0.1, 0.15) is 0 Å². The minimum Gasteiger partial charge on any atom is -0.359 e. The summed E-state index contributed by atoms with van der Waals surface area (Å²) in [7, 11) is 7.68. The average molecular weight is 411 g/mol. The molecule has 29 heavy (non-hydrogen) atoms. The van der Waals surface area contributed by atoms with Gasteiger partial charge in [0.05, 0.1) is 12.1 Å². The molecule has 0 aliphatic carbocycles. The quantitative estimate of drug-likeness (QED) is 0.766. The molecule has 6 nitrogen and oxygen atoms in total. The van der Waals surface area contributed by atoms with E-state index >= 15 is 0 Å². The van der Waals surface area contributed by atoms with Gasteiger partial charge < -0.3 is 24.7 Å². The number of H-pyrrole nitrogens is 2. The van der Waals surface area contributed by atoms with E-state index < -0.39 is 24.2 Å². The molecular weight excluding hydrogens is 383 g/mol. The fraction of sp³-hybridized carbons (Fsp3) is 0.550. The van der Waals surface area contributed by atoms with Crippen LogP contribution in [0.4, 0.5) is 13.2 Å². The molecule has 160 valence electrons. The average Bonchev–Trinajstić information content (AvgIpc) is 3.30. The molecular formula is C20H28F3N5O. The molecule has 3 rings (SSSR count). The van der Waals surface area contributed by atoms with Crippen molar-refractivity contribution in [2.75, 3.05) is 28.2 Å². The Hall–Kier alpha value is -2.26. The SMILES string of the molecule is CN(C)Cc1ccc([C@H]2CC[C@@H](c3ccc(CN(C)C)[nH]3)N2C(=O)C(F)(F)F)[nH]1. The first-order valence-corrected chi connectivity index (χ1v) is 9.60. The van der Waals surface area contributed by atoms with Crippen molar-refractivity contribution in [3.05, 3.63) is 47.0 Å². The van der Waals surface area contributed by atoms with E-state index in [0.29, 0.717) is 37.3 Å². The fourth-order valence-electron chi connectivity index (χ4n) is 4.02. The Kier molecular flexibility index (Phi) is 6.09. The summed E-state index contributed by atoms with van der Waals surface area (Å²) in [5.74, 6) is -1.79. The molecule has 9 heteroatoms. The van der Waals surface area contributed by atoms with E-state index in [-0.39, 0.29) is 0 Å². The highest BCUT2D eigenvalue weighted by Gasteiger charge is 2.50. The number of alkyl halides is 3. The molecule has 1 aliphatic heterocycles. The number of aromatic nitrogens is 2. The number of halogens is 3. The molecule has 1 fully saturated rings. The van der Waals surface area contributed by atoms with Gasteiger partial charge in [0.25, 0.3) is 0 Å². The lowest BCUT2D eigenvalue weighted by molar-refractivity contribution is -0.189. The standard InChI is InChI=1S/C20H28F3N5O/c1-26(2)11-13-5-7-15(24-13)17-9-10-18(28(17)19(29)20(21,22)23)16-8-6-14(25-16)12-27(3)4/h5-8,17-18,24-25H,9-12H2,1-4H3/t17-,18+. The number of hydrogen-bond acceptors (Lipinski definition) is 3. The maximum Gasteiger partial charge on any atom is 0.471 e. The first-order valence-electron chi connectivity index (χ1n) is 9.60. The Balaban J connectivity index is 1.90. The highest BCUT2D eigenvalue weighted by Crippen LogP contribution is 2.45. The van der Waals surface area contributed by atoms with Crippen LogP contribution in [0.2, 0.25) is 0 Å². The van der Waals surface area contributed by atoms with Crippen LogP contribution in [0, 0.1) is 0 Å².